The van der Waals surface area contributed by atoms with Gasteiger partial charge in [-0.05, 0) is 44.9 Å². The van der Waals surface area contributed by atoms with Crippen LogP contribution >= 0.6 is 0 Å². The van der Waals surface area contributed by atoms with Crippen LogP contribution in [-0.4, -0.2) is 35.4 Å². The van der Waals surface area contributed by atoms with Gasteiger partial charge >= 0.3 is 0 Å². The van der Waals surface area contributed by atoms with Gasteiger partial charge in [0.2, 0.25) is 5.91 Å². The van der Waals surface area contributed by atoms with Crippen molar-refractivity contribution in [2.75, 3.05) is 19.8 Å². The third-order valence-electron chi connectivity index (χ3n) is 4.71. The highest BCUT2D eigenvalue weighted by Gasteiger charge is 2.22. The molecule has 3 rings (SSSR count). The Balaban J connectivity index is 1.57. The first-order chi connectivity index (χ1) is 12.0. The van der Waals surface area contributed by atoms with Crippen LogP contribution in [0.25, 0.3) is 0 Å². The maximum Gasteiger partial charge on any atom is 0.227 e. The molecule has 1 N–H and O–H groups in total. The van der Waals surface area contributed by atoms with Crippen molar-refractivity contribution >= 4 is 5.91 Å². The van der Waals surface area contributed by atoms with Gasteiger partial charge in [0.05, 0.1) is 11.6 Å². The summed E-state index contributed by atoms with van der Waals surface area (Å²) in [6.07, 6.45) is 0.750. The lowest BCUT2D eigenvalue weighted by atomic mass is 9.98. The van der Waals surface area contributed by atoms with Crippen LogP contribution in [0.1, 0.15) is 35.4 Å². The van der Waals surface area contributed by atoms with Gasteiger partial charge in [-0.25, -0.2) is 0 Å². The molecule has 0 bridgehead atoms. The van der Waals surface area contributed by atoms with E-state index in [-0.39, 0.29) is 11.8 Å². The highest BCUT2D eigenvalue weighted by atomic mass is 16.6. The minimum atomic E-state index is -0.214. The first-order valence-corrected chi connectivity index (χ1v) is 8.63. The fourth-order valence-electron chi connectivity index (χ4n) is 3.27. The van der Waals surface area contributed by atoms with Crippen LogP contribution < -0.4 is 14.8 Å². The van der Waals surface area contributed by atoms with Crippen molar-refractivity contribution in [2.45, 2.75) is 33.1 Å². The van der Waals surface area contributed by atoms with Gasteiger partial charge in [0, 0.05) is 24.8 Å². The van der Waals surface area contributed by atoms with Crippen molar-refractivity contribution in [3.63, 3.8) is 0 Å². The molecule has 2 aromatic rings. The van der Waals surface area contributed by atoms with E-state index in [1.54, 1.807) is 0 Å². The quantitative estimate of drug-likeness (QED) is 0.904. The summed E-state index contributed by atoms with van der Waals surface area (Å²) in [6, 6.07) is 5.93. The van der Waals surface area contributed by atoms with Crippen molar-refractivity contribution < 1.29 is 14.3 Å². The molecule has 6 nitrogen and oxygen atoms in total. The zero-order chi connectivity index (χ0) is 18.0. The van der Waals surface area contributed by atoms with E-state index in [2.05, 4.69) is 10.4 Å². The van der Waals surface area contributed by atoms with Gasteiger partial charge in [-0.1, -0.05) is 6.07 Å². The monoisotopic (exact) mass is 343 g/mol. The van der Waals surface area contributed by atoms with E-state index in [0.717, 1.165) is 40.4 Å². The van der Waals surface area contributed by atoms with Crippen LogP contribution in [0.3, 0.4) is 0 Å². The Morgan fingerprint density at radius 3 is 2.68 bits per heavy atom. The highest BCUT2D eigenvalue weighted by Crippen LogP contribution is 2.30. The first-order valence-electron chi connectivity index (χ1n) is 8.63. The Kier molecular flexibility index (Phi) is 4.97. The Bertz CT molecular complexity index is 782. The van der Waals surface area contributed by atoms with Crippen molar-refractivity contribution in [2.24, 2.45) is 7.05 Å². The van der Waals surface area contributed by atoms with E-state index in [9.17, 15) is 4.79 Å². The third kappa shape index (κ3) is 3.62. The maximum atomic E-state index is 12.5. The minimum absolute atomic E-state index is 0.0248. The van der Waals surface area contributed by atoms with Crippen LogP contribution in [0.4, 0.5) is 0 Å². The van der Waals surface area contributed by atoms with Gasteiger partial charge in [0.15, 0.2) is 11.5 Å². The molecule has 0 aliphatic carbocycles. The SMILES string of the molecule is Cc1nn(C)c(C)c1C(C)C(=O)NCCc1ccc2c(c1)OCCO2. The molecule has 1 aliphatic heterocycles. The van der Waals surface area contributed by atoms with Crippen LogP contribution in [0.2, 0.25) is 0 Å². The number of fused-ring (bicyclic) bond motifs is 1. The fourth-order valence-corrected chi connectivity index (χ4v) is 3.27. The number of benzene rings is 1. The lowest BCUT2D eigenvalue weighted by molar-refractivity contribution is -0.122. The molecule has 25 heavy (non-hydrogen) atoms. The molecule has 134 valence electrons. The molecular weight excluding hydrogens is 318 g/mol. The Labute approximate surface area is 148 Å². The second-order valence-corrected chi connectivity index (χ2v) is 6.45. The second-order valence-electron chi connectivity index (χ2n) is 6.45. The lowest BCUT2D eigenvalue weighted by Gasteiger charge is -2.19. The van der Waals surface area contributed by atoms with Crippen molar-refractivity contribution in [3.05, 3.63) is 40.7 Å². The molecule has 1 amide bonds. The molecule has 6 heteroatoms. The third-order valence-corrected chi connectivity index (χ3v) is 4.71. The molecule has 0 fully saturated rings. The van der Waals surface area contributed by atoms with Gasteiger partial charge in [-0.15, -0.1) is 0 Å². The molecule has 0 radical (unpaired) electrons. The summed E-state index contributed by atoms with van der Waals surface area (Å²) in [5.41, 5.74) is 4.08. The number of carbonyl (C=O) groups is 1. The van der Waals surface area contributed by atoms with Gasteiger partial charge in [-0.2, -0.15) is 5.10 Å². The number of hydrogen-bond donors (Lipinski definition) is 1. The van der Waals surface area contributed by atoms with E-state index in [1.165, 1.54) is 0 Å². The second kappa shape index (κ2) is 7.17. The topological polar surface area (TPSA) is 65.4 Å². The van der Waals surface area contributed by atoms with E-state index >= 15 is 0 Å². The summed E-state index contributed by atoms with van der Waals surface area (Å²) in [5.74, 6) is 1.38. The number of ether oxygens (including phenoxy) is 2. The van der Waals surface area contributed by atoms with Gasteiger partial charge in [0.25, 0.3) is 0 Å². The van der Waals surface area contributed by atoms with Crippen molar-refractivity contribution in [1.82, 2.24) is 15.1 Å². The normalized spacial score (nSPS) is 14.2. The average molecular weight is 343 g/mol. The number of nitrogens with one attached hydrogen (secondary N) is 1. The molecule has 1 aromatic heterocycles. The van der Waals surface area contributed by atoms with Crippen molar-refractivity contribution in [1.29, 1.82) is 0 Å². The number of rotatable bonds is 5. The largest absolute Gasteiger partial charge is 0.486 e. The van der Waals surface area contributed by atoms with Crippen molar-refractivity contribution in [3.8, 4) is 11.5 Å². The van der Waals surface area contributed by atoms with Crippen LogP contribution in [0, 0.1) is 13.8 Å². The van der Waals surface area contributed by atoms with E-state index in [4.69, 9.17) is 9.47 Å². The zero-order valence-corrected chi connectivity index (χ0v) is 15.3. The summed E-state index contributed by atoms with van der Waals surface area (Å²) in [6.45, 7) is 7.62. The van der Waals surface area contributed by atoms with E-state index in [1.807, 2.05) is 50.7 Å². The van der Waals surface area contributed by atoms with Gasteiger partial charge in [-0.3, -0.25) is 9.48 Å². The smallest absolute Gasteiger partial charge is 0.227 e. The number of nitrogens with zero attached hydrogens (tertiary/aromatic N) is 2. The molecular formula is C19H25N3O3. The Morgan fingerprint density at radius 1 is 1.28 bits per heavy atom. The summed E-state index contributed by atoms with van der Waals surface area (Å²) in [7, 11) is 1.90. The number of amides is 1. The summed E-state index contributed by atoms with van der Waals surface area (Å²) in [4.78, 5) is 12.5. The molecule has 1 atom stereocenters. The van der Waals surface area contributed by atoms with E-state index < -0.39 is 0 Å². The summed E-state index contributed by atoms with van der Waals surface area (Å²) in [5, 5.41) is 7.42. The molecule has 0 saturated carbocycles. The Morgan fingerprint density at radius 2 is 2.00 bits per heavy atom. The number of carbonyl (C=O) groups excluding carboxylic acids is 1. The molecule has 2 heterocycles. The number of aryl methyl sites for hydroxylation is 2. The zero-order valence-electron chi connectivity index (χ0n) is 15.3. The maximum absolute atomic E-state index is 12.5. The van der Waals surface area contributed by atoms with Gasteiger partial charge in [0.1, 0.15) is 13.2 Å². The van der Waals surface area contributed by atoms with E-state index in [0.29, 0.717) is 19.8 Å². The summed E-state index contributed by atoms with van der Waals surface area (Å²) < 4.78 is 12.9. The number of aromatic nitrogens is 2. The predicted octanol–water partition coefficient (Wildman–Crippen LogP) is 2.27. The van der Waals surface area contributed by atoms with Crippen LogP contribution in [-0.2, 0) is 18.3 Å². The number of hydrogen-bond acceptors (Lipinski definition) is 4. The molecule has 1 unspecified atom stereocenters. The summed E-state index contributed by atoms with van der Waals surface area (Å²) >= 11 is 0. The first kappa shape index (κ1) is 17.3. The molecule has 0 spiro atoms. The minimum Gasteiger partial charge on any atom is -0.486 e. The fraction of sp³-hybridized carbons (Fsp3) is 0.474. The standard InChI is InChI=1S/C19H25N3O3/c1-12(18-13(2)21-22(4)14(18)3)19(23)20-8-7-15-5-6-16-17(11-15)25-10-9-24-16/h5-6,11-12H,7-10H2,1-4H3,(H,20,23). The highest BCUT2D eigenvalue weighted by molar-refractivity contribution is 5.83. The predicted molar refractivity (Wildman–Crippen MR) is 95.2 cm³/mol. The Hall–Kier alpha value is -2.50. The average Bonchev–Trinajstić information content (AvgIpc) is 2.86. The molecule has 1 aliphatic rings. The molecule has 1 aromatic carbocycles. The van der Waals surface area contributed by atoms with Gasteiger partial charge < -0.3 is 14.8 Å². The van der Waals surface area contributed by atoms with Crippen LogP contribution in [0.15, 0.2) is 18.2 Å². The molecule has 0 saturated heterocycles. The van der Waals surface area contributed by atoms with Crippen LogP contribution in [0.5, 0.6) is 11.5 Å². The lowest BCUT2D eigenvalue weighted by Crippen LogP contribution is -2.30.